The Labute approximate surface area is 170 Å². The molecule has 2 fully saturated rings. The number of ether oxygens (including phenoxy) is 1. The standard InChI is InChI=1S/C20H24N4O4S/c1-3-19(25)23-13-15(14-23)22-9-11-24(12-10-22)29(26,27)18-6-4-5-17-16(18)7-8-21-20(17)28-2/h3-8,15H,1,9-14H2,2H3. The Balaban J connectivity index is 1.48. The van der Waals surface area contributed by atoms with E-state index in [2.05, 4.69) is 16.5 Å². The highest BCUT2D eigenvalue weighted by Crippen LogP contribution is 2.30. The maximum Gasteiger partial charge on any atom is 0.246 e. The summed E-state index contributed by atoms with van der Waals surface area (Å²) in [6.45, 7) is 7.00. The lowest BCUT2D eigenvalue weighted by atomic mass is 10.1. The topological polar surface area (TPSA) is 83.1 Å². The number of carbonyl (C=O) groups is 1. The molecule has 0 bridgehead atoms. The van der Waals surface area contributed by atoms with Crippen LogP contribution in [0.1, 0.15) is 0 Å². The summed E-state index contributed by atoms with van der Waals surface area (Å²) in [7, 11) is -2.11. The van der Waals surface area contributed by atoms with Crippen molar-refractivity contribution in [2.24, 2.45) is 0 Å². The highest BCUT2D eigenvalue weighted by atomic mass is 32.2. The molecule has 9 heteroatoms. The van der Waals surface area contributed by atoms with Crippen molar-refractivity contribution in [2.45, 2.75) is 10.9 Å². The lowest BCUT2D eigenvalue weighted by Crippen LogP contribution is -2.64. The number of amides is 1. The number of pyridine rings is 1. The second kappa shape index (κ2) is 7.74. The summed E-state index contributed by atoms with van der Waals surface area (Å²) >= 11 is 0. The number of sulfonamides is 1. The number of hydrogen-bond donors (Lipinski definition) is 0. The first-order valence-electron chi connectivity index (χ1n) is 9.53. The van der Waals surface area contributed by atoms with Gasteiger partial charge in [0.05, 0.1) is 12.0 Å². The number of hydrogen-bond acceptors (Lipinski definition) is 6. The fourth-order valence-electron chi connectivity index (χ4n) is 3.98. The van der Waals surface area contributed by atoms with E-state index in [-0.39, 0.29) is 16.8 Å². The van der Waals surface area contributed by atoms with Gasteiger partial charge in [-0.25, -0.2) is 13.4 Å². The van der Waals surface area contributed by atoms with Gasteiger partial charge in [-0.05, 0) is 24.3 Å². The van der Waals surface area contributed by atoms with Gasteiger partial charge >= 0.3 is 0 Å². The predicted octanol–water partition coefficient (Wildman–Crippen LogP) is 0.946. The zero-order valence-electron chi connectivity index (χ0n) is 16.3. The number of fused-ring (bicyclic) bond motifs is 1. The molecule has 2 aliphatic rings. The van der Waals surface area contributed by atoms with E-state index in [1.165, 1.54) is 17.5 Å². The van der Waals surface area contributed by atoms with E-state index in [4.69, 9.17) is 4.74 Å². The third-order valence-electron chi connectivity index (χ3n) is 5.68. The van der Waals surface area contributed by atoms with E-state index in [1.54, 1.807) is 29.3 Å². The molecule has 3 heterocycles. The smallest absolute Gasteiger partial charge is 0.246 e. The van der Waals surface area contributed by atoms with Crippen molar-refractivity contribution in [1.82, 2.24) is 19.1 Å². The van der Waals surface area contributed by atoms with Gasteiger partial charge in [0.25, 0.3) is 0 Å². The molecule has 1 aromatic carbocycles. The first kappa shape index (κ1) is 19.8. The zero-order valence-corrected chi connectivity index (χ0v) is 17.1. The molecule has 0 aliphatic carbocycles. The number of piperazine rings is 1. The van der Waals surface area contributed by atoms with Crippen molar-refractivity contribution in [1.29, 1.82) is 0 Å². The summed E-state index contributed by atoms with van der Waals surface area (Å²) in [4.78, 5) is 20.0. The molecular formula is C20H24N4O4S. The number of rotatable bonds is 5. The summed E-state index contributed by atoms with van der Waals surface area (Å²) in [5.41, 5.74) is 0. The van der Waals surface area contributed by atoms with Crippen molar-refractivity contribution >= 4 is 26.7 Å². The highest BCUT2D eigenvalue weighted by molar-refractivity contribution is 7.89. The van der Waals surface area contributed by atoms with Crippen LogP contribution in [-0.4, -0.2) is 85.8 Å². The molecule has 4 rings (SSSR count). The van der Waals surface area contributed by atoms with Crippen LogP contribution in [0.15, 0.2) is 48.0 Å². The summed E-state index contributed by atoms with van der Waals surface area (Å²) in [5, 5.41) is 1.29. The van der Waals surface area contributed by atoms with Gasteiger partial charge in [0.15, 0.2) is 0 Å². The first-order valence-corrected chi connectivity index (χ1v) is 11.0. The molecule has 2 saturated heterocycles. The molecule has 0 radical (unpaired) electrons. The molecule has 0 spiro atoms. The lowest BCUT2D eigenvalue weighted by Gasteiger charge is -2.47. The Hall–Kier alpha value is -2.49. The van der Waals surface area contributed by atoms with Crippen LogP contribution >= 0.6 is 0 Å². The normalized spacial score (nSPS) is 19.1. The molecule has 8 nitrogen and oxygen atoms in total. The summed E-state index contributed by atoms with van der Waals surface area (Å²) < 4.78 is 33.5. The van der Waals surface area contributed by atoms with Gasteiger partial charge in [0.1, 0.15) is 0 Å². The van der Waals surface area contributed by atoms with E-state index >= 15 is 0 Å². The van der Waals surface area contributed by atoms with E-state index in [0.29, 0.717) is 55.9 Å². The number of aromatic nitrogens is 1. The summed E-state index contributed by atoms with van der Waals surface area (Å²) in [6.07, 6.45) is 2.89. The van der Waals surface area contributed by atoms with Crippen molar-refractivity contribution in [2.75, 3.05) is 46.4 Å². The lowest BCUT2D eigenvalue weighted by molar-refractivity contribution is -0.133. The van der Waals surface area contributed by atoms with E-state index < -0.39 is 10.0 Å². The first-order chi connectivity index (χ1) is 14.0. The molecule has 1 aromatic heterocycles. The van der Waals surface area contributed by atoms with Crippen molar-refractivity contribution < 1.29 is 17.9 Å². The van der Waals surface area contributed by atoms with Gasteiger partial charge in [0.2, 0.25) is 21.8 Å². The Morgan fingerprint density at radius 3 is 2.55 bits per heavy atom. The van der Waals surface area contributed by atoms with Crippen LogP contribution in [0, 0.1) is 0 Å². The predicted molar refractivity (Wildman–Crippen MR) is 109 cm³/mol. The van der Waals surface area contributed by atoms with Gasteiger partial charge in [-0.2, -0.15) is 4.31 Å². The summed E-state index contributed by atoms with van der Waals surface area (Å²) in [6, 6.07) is 7.16. The van der Waals surface area contributed by atoms with Gasteiger partial charge in [-0.3, -0.25) is 9.69 Å². The minimum atomic E-state index is -3.63. The molecular weight excluding hydrogens is 392 g/mol. The average molecular weight is 417 g/mol. The quantitative estimate of drug-likeness (QED) is 0.675. The Bertz CT molecular complexity index is 1040. The molecule has 154 valence electrons. The molecule has 29 heavy (non-hydrogen) atoms. The Morgan fingerprint density at radius 1 is 1.17 bits per heavy atom. The molecule has 1 amide bonds. The van der Waals surface area contributed by atoms with Crippen LogP contribution in [-0.2, 0) is 14.8 Å². The number of carbonyl (C=O) groups excluding carboxylic acids is 1. The Kier molecular flexibility index (Phi) is 5.28. The SMILES string of the molecule is C=CC(=O)N1CC(N2CCN(S(=O)(=O)c3cccc4c(OC)nccc34)CC2)C1. The van der Waals surface area contributed by atoms with Crippen LogP contribution in [0.2, 0.25) is 0 Å². The molecule has 0 unspecified atom stereocenters. The minimum absolute atomic E-state index is 0.0525. The maximum absolute atomic E-state index is 13.3. The number of nitrogens with zero attached hydrogens (tertiary/aromatic N) is 4. The van der Waals surface area contributed by atoms with Gasteiger partial charge in [0, 0.05) is 62.3 Å². The number of benzene rings is 1. The maximum atomic E-state index is 13.3. The monoisotopic (exact) mass is 416 g/mol. The number of likely N-dealkylation sites (tertiary alicyclic amines) is 1. The molecule has 0 N–H and O–H groups in total. The van der Waals surface area contributed by atoms with Crippen LogP contribution in [0.5, 0.6) is 5.88 Å². The molecule has 2 aliphatic heterocycles. The van der Waals surface area contributed by atoms with Gasteiger partial charge in [-0.1, -0.05) is 12.6 Å². The van der Waals surface area contributed by atoms with Crippen LogP contribution < -0.4 is 4.74 Å². The molecule has 0 saturated carbocycles. The van der Waals surface area contributed by atoms with Crippen LogP contribution in [0.25, 0.3) is 10.8 Å². The third kappa shape index (κ3) is 3.50. The largest absolute Gasteiger partial charge is 0.481 e. The van der Waals surface area contributed by atoms with Crippen molar-refractivity contribution in [3.8, 4) is 5.88 Å². The Morgan fingerprint density at radius 2 is 1.90 bits per heavy atom. The van der Waals surface area contributed by atoms with E-state index in [9.17, 15) is 13.2 Å². The second-order valence-electron chi connectivity index (χ2n) is 7.21. The van der Waals surface area contributed by atoms with Crippen LogP contribution in [0.3, 0.4) is 0 Å². The van der Waals surface area contributed by atoms with Crippen molar-refractivity contribution in [3.05, 3.63) is 43.1 Å². The zero-order chi connectivity index (χ0) is 20.6. The fraction of sp³-hybridized carbons (Fsp3) is 0.400. The third-order valence-corrected chi connectivity index (χ3v) is 7.64. The van der Waals surface area contributed by atoms with E-state index in [1.807, 2.05) is 6.07 Å². The second-order valence-corrected chi connectivity index (χ2v) is 9.12. The van der Waals surface area contributed by atoms with Gasteiger partial charge < -0.3 is 9.64 Å². The van der Waals surface area contributed by atoms with Gasteiger partial charge in [-0.15, -0.1) is 0 Å². The van der Waals surface area contributed by atoms with E-state index in [0.717, 1.165) is 0 Å². The van der Waals surface area contributed by atoms with Crippen LogP contribution in [0.4, 0.5) is 0 Å². The molecule has 2 aromatic rings. The molecule has 0 atom stereocenters. The van der Waals surface area contributed by atoms with Crippen molar-refractivity contribution in [3.63, 3.8) is 0 Å². The fourth-order valence-corrected chi connectivity index (χ4v) is 5.61. The highest BCUT2D eigenvalue weighted by Gasteiger charge is 2.37. The summed E-state index contributed by atoms with van der Waals surface area (Å²) in [5.74, 6) is 0.358. The average Bonchev–Trinajstić information content (AvgIpc) is 2.71. The minimum Gasteiger partial charge on any atom is -0.481 e. The number of methoxy groups -OCH3 is 1.